The Bertz CT molecular complexity index is 666. The normalized spacial score (nSPS) is 21.6. The fourth-order valence-electron chi connectivity index (χ4n) is 3.71. The number of rotatable bonds is 6. The molecule has 7 nitrogen and oxygen atoms in total. The van der Waals surface area contributed by atoms with Gasteiger partial charge in [0.15, 0.2) is 0 Å². The summed E-state index contributed by atoms with van der Waals surface area (Å²) in [4.78, 5) is 27.9. The Kier molecular flexibility index (Phi) is 6.55. The van der Waals surface area contributed by atoms with E-state index in [0.717, 1.165) is 30.3 Å². The number of hydrogen-bond acceptors (Lipinski definition) is 4. The summed E-state index contributed by atoms with van der Waals surface area (Å²) in [6, 6.07) is 7.68. The SMILES string of the molecule is CC1CCCN(C(C)CNC(=O)Nc2cccc(CN3CCOC3=O)c2)C1. The van der Waals surface area contributed by atoms with E-state index in [-0.39, 0.29) is 12.1 Å². The number of urea groups is 1. The molecule has 0 radical (unpaired) electrons. The van der Waals surface area contributed by atoms with Crippen LogP contribution in [0.4, 0.5) is 15.3 Å². The van der Waals surface area contributed by atoms with Crippen molar-refractivity contribution in [3.8, 4) is 0 Å². The quantitative estimate of drug-likeness (QED) is 0.803. The van der Waals surface area contributed by atoms with Crippen LogP contribution in [0.5, 0.6) is 0 Å². The Morgan fingerprint density at radius 1 is 1.37 bits per heavy atom. The number of likely N-dealkylation sites (tertiary alicyclic amines) is 1. The number of cyclic esters (lactones) is 1. The number of hydrogen-bond donors (Lipinski definition) is 2. The summed E-state index contributed by atoms with van der Waals surface area (Å²) in [5.41, 5.74) is 1.68. The van der Waals surface area contributed by atoms with E-state index in [9.17, 15) is 9.59 Å². The second-order valence-corrected chi connectivity index (χ2v) is 7.66. The van der Waals surface area contributed by atoms with Gasteiger partial charge in [0.25, 0.3) is 0 Å². The van der Waals surface area contributed by atoms with Gasteiger partial charge in [-0.15, -0.1) is 0 Å². The summed E-state index contributed by atoms with van der Waals surface area (Å²) in [6.45, 7) is 8.80. The number of nitrogens with zero attached hydrogens (tertiary/aromatic N) is 2. The predicted octanol–water partition coefficient (Wildman–Crippen LogP) is 2.88. The minimum atomic E-state index is -0.285. The minimum absolute atomic E-state index is 0.204. The molecule has 0 saturated carbocycles. The van der Waals surface area contributed by atoms with Crippen molar-refractivity contribution in [1.29, 1.82) is 0 Å². The smallest absolute Gasteiger partial charge is 0.410 e. The van der Waals surface area contributed by atoms with Gasteiger partial charge in [0.05, 0.1) is 6.54 Å². The van der Waals surface area contributed by atoms with Crippen LogP contribution in [0.15, 0.2) is 24.3 Å². The largest absolute Gasteiger partial charge is 0.448 e. The molecule has 1 aromatic rings. The average Bonchev–Trinajstić information content (AvgIpc) is 3.04. The molecule has 0 aromatic heterocycles. The Labute approximate surface area is 161 Å². The average molecular weight is 374 g/mol. The minimum Gasteiger partial charge on any atom is -0.448 e. The number of carbonyl (C=O) groups is 2. The van der Waals surface area contributed by atoms with E-state index in [2.05, 4.69) is 29.4 Å². The molecule has 148 valence electrons. The van der Waals surface area contributed by atoms with Gasteiger partial charge in [0.2, 0.25) is 0 Å². The summed E-state index contributed by atoms with van der Waals surface area (Å²) in [7, 11) is 0. The van der Waals surface area contributed by atoms with E-state index in [0.29, 0.717) is 32.3 Å². The van der Waals surface area contributed by atoms with E-state index in [1.54, 1.807) is 4.90 Å². The number of anilines is 1. The maximum Gasteiger partial charge on any atom is 0.410 e. The van der Waals surface area contributed by atoms with Crippen LogP contribution < -0.4 is 10.6 Å². The van der Waals surface area contributed by atoms with Gasteiger partial charge >= 0.3 is 12.1 Å². The third-order valence-corrected chi connectivity index (χ3v) is 5.27. The van der Waals surface area contributed by atoms with Crippen LogP contribution in [-0.4, -0.2) is 60.8 Å². The van der Waals surface area contributed by atoms with Crippen molar-refractivity contribution >= 4 is 17.8 Å². The first kappa shape index (κ1) is 19.5. The molecule has 2 aliphatic heterocycles. The van der Waals surface area contributed by atoms with Gasteiger partial charge in [-0.25, -0.2) is 9.59 Å². The lowest BCUT2D eigenvalue weighted by molar-refractivity contribution is 0.138. The summed E-state index contributed by atoms with van der Waals surface area (Å²) in [5, 5.41) is 5.85. The van der Waals surface area contributed by atoms with Gasteiger partial charge in [0.1, 0.15) is 6.61 Å². The van der Waals surface area contributed by atoms with Crippen molar-refractivity contribution < 1.29 is 14.3 Å². The molecule has 7 heteroatoms. The maximum absolute atomic E-state index is 12.2. The molecule has 27 heavy (non-hydrogen) atoms. The van der Waals surface area contributed by atoms with Crippen LogP contribution in [-0.2, 0) is 11.3 Å². The molecule has 2 fully saturated rings. The number of piperidine rings is 1. The fraction of sp³-hybridized carbons (Fsp3) is 0.600. The van der Waals surface area contributed by atoms with E-state index in [4.69, 9.17) is 4.74 Å². The zero-order valence-corrected chi connectivity index (χ0v) is 16.2. The molecule has 0 bridgehead atoms. The first-order chi connectivity index (χ1) is 13.0. The molecule has 2 N–H and O–H groups in total. The van der Waals surface area contributed by atoms with Crippen molar-refractivity contribution in [3.05, 3.63) is 29.8 Å². The third kappa shape index (κ3) is 5.60. The summed E-state index contributed by atoms with van der Waals surface area (Å²) in [5.74, 6) is 0.727. The molecular formula is C20H30N4O3. The van der Waals surface area contributed by atoms with Crippen LogP contribution in [0.1, 0.15) is 32.3 Å². The summed E-state index contributed by atoms with van der Waals surface area (Å²) < 4.78 is 4.95. The maximum atomic E-state index is 12.2. The Morgan fingerprint density at radius 2 is 2.22 bits per heavy atom. The molecule has 2 unspecified atom stereocenters. The molecule has 2 saturated heterocycles. The highest BCUT2D eigenvalue weighted by atomic mass is 16.6. The first-order valence-electron chi connectivity index (χ1n) is 9.81. The molecule has 1 aromatic carbocycles. The molecule has 0 spiro atoms. The van der Waals surface area contributed by atoms with E-state index in [1.165, 1.54) is 12.8 Å². The molecule has 3 rings (SSSR count). The fourth-order valence-corrected chi connectivity index (χ4v) is 3.71. The van der Waals surface area contributed by atoms with Crippen molar-refractivity contribution in [2.75, 3.05) is 38.1 Å². The second-order valence-electron chi connectivity index (χ2n) is 7.66. The number of amides is 3. The second kappa shape index (κ2) is 9.08. The van der Waals surface area contributed by atoms with Crippen LogP contribution in [0.25, 0.3) is 0 Å². The van der Waals surface area contributed by atoms with Gasteiger partial charge in [-0.1, -0.05) is 19.1 Å². The van der Waals surface area contributed by atoms with E-state index in [1.807, 2.05) is 24.3 Å². The lowest BCUT2D eigenvalue weighted by Crippen LogP contribution is -2.47. The monoisotopic (exact) mass is 374 g/mol. The van der Waals surface area contributed by atoms with Crippen molar-refractivity contribution in [1.82, 2.24) is 15.1 Å². The Balaban J connectivity index is 1.46. The zero-order valence-electron chi connectivity index (χ0n) is 16.2. The highest BCUT2D eigenvalue weighted by Gasteiger charge is 2.22. The Hall–Kier alpha value is -2.28. The molecule has 2 heterocycles. The lowest BCUT2D eigenvalue weighted by atomic mass is 9.99. The van der Waals surface area contributed by atoms with Crippen molar-refractivity contribution in [3.63, 3.8) is 0 Å². The predicted molar refractivity (Wildman–Crippen MR) is 105 cm³/mol. The molecule has 0 aliphatic carbocycles. The van der Waals surface area contributed by atoms with E-state index < -0.39 is 0 Å². The van der Waals surface area contributed by atoms with Crippen LogP contribution in [0.3, 0.4) is 0 Å². The number of benzene rings is 1. The molecule has 2 aliphatic rings. The molecular weight excluding hydrogens is 344 g/mol. The highest BCUT2D eigenvalue weighted by molar-refractivity contribution is 5.89. The topological polar surface area (TPSA) is 73.9 Å². The lowest BCUT2D eigenvalue weighted by Gasteiger charge is -2.35. The van der Waals surface area contributed by atoms with Gasteiger partial charge in [-0.3, -0.25) is 4.90 Å². The van der Waals surface area contributed by atoms with Crippen LogP contribution in [0.2, 0.25) is 0 Å². The highest BCUT2D eigenvalue weighted by Crippen LogP contribution is 2.18. The first-order valence-corrected chi connectivity index (χ1v) is 9.81. The number of nitrogens with one attached hydrogen (secondary N) is 2. The third-order valence-electron chi connectivity index (χ3n) is 5.27. The number of ether oxygens (including phenoxy) is 1. The van der Waals surface area contributed by atoms with Crippen LogP contribution >= 0.6 is 0 Å². The van der Waals surface area contributed by atoms with Gasteiger partial charge in [-0.2, -0.15) is 0 Å². The van der Waals surface area contributed by atoms with Gasteiger partial charge in [0, 0.05) is 31.4 Å². The molecule has 3 amide bonds. The van der Waals surface area contributed by atoms with Gasteiger partial charge in [-0.05, 0) is 49.9 Å². The van der Waals surface area contributed by atoms with Gasteiger partial charge < -0.3 is 20.3 Å². The van der Waals surface area contributed by atoms with Crippen molar-refractivity contribution in [2.45, 2.75) is 39.3 Å². The Morgan fingerprint density at radius 3 is 2.96 bits per heavy atom. The zero-order chi connectivity index (χ0) is 19.2. The van der Waals surface area contributed by atoms with Crippen molar-refractivity contribution in [2.24, 2.45) is 5.92 Å². The number of carbonyl (C=O) groups excluding carboxylic acids is 2. The summed E-state index contributed by atoms with van der Waals surface area (Å²) in [6.07, 6.45) is 2.24. The summed E-state index contributed by atoms with van der Waals surface area (Å²) >= 11 is 0. The molecule has 2 atom stereocenters. The van der Waals surface area contributed by atoms with Crippen LogP contribution in [0, 0.1) is 5.92 Å². The standard InChI is InChI=1S/C20H30N4O3/c1-15-5-4-8-23(13-15)16(2)12-21-19(25)22-18-7-3-6-17(11-18)14-24-9-10-27-20(24)26/h3,6-7,11,15-16H,4-5,8-10,12-14H2,1-2H3,(H2,21,22,25). The van der Waals surface area contributed by atoms with E-state index >= 15 is 0 Å².